The monoisotopic (exact) mass is 209 g/mol. The number of ether oxygens (including phenoxy) is 1. The highest BCUT2D eigenvalue weighted by Crippen LogP contribution is 2.35. The number of rotatable bonds is 5. The SMILES string of the molecule is CCOC(C(=O)c1cnnn1C)C1CC1. The molecule has 1 aliphatic carbocycles. The van der Waals surface area contributed by atoms with Gasteiger partial charge in [-0.25, -0.2) is 4.68 Å². The molecule has 0 amide bonds. The molecule has 1 atom stereocenters. The molecule has 1 heterocycles. The predicted molar refractivity (Wildman–Crippen MR) is 53.5 cm³/mol. The van der Waals surface area contributed by atoms with Gasteiger partial charge >= 0.3 is 0 Å². The molecule has 1 unspecified atom stereocenters. The number of ketones is 1. The molecule has 2 rings (SSSR count). The summed E-state index contributed by atoms with van der Waals surface area (Å²) in [6, 6.07) is 0. The van der Waals surface area contributed by atoms with E-state index in [1.54, 1.807) is 7.05 Å². The van der Waals surface area contributed by atoms with E-state index in [9.17, 15) is 4.79 Å². The highest BCUT2D eigenvalue weighted by molar-refractivity contribution is 5.98. The Bertz CT molecular complexity index is 357. The lowest BCUT2D eigenvalue weighted by Crippen LogP contribution is -2.28. The summed E-state index contributed by atoms with van der Waals surface area (Å²) < 4.78 is 6.98. The summed E-state index contributed by atoms with van der Waals surface area (Å²) in [5.74, 6) is 0.402. The van der Waals surface area contributed by atoms with Gasteiger partial charge in [0.1, 0.15) is 11.8 Å². The molecule has 15 heavy (non-hydrogen) atoms. The number of hydrogen-bond acceptors (Lipinski definition) is 4. The lowest BCUT2D eigenvalue weighted by molar-refractivity contribution is 0.0366. The molecule has 1 aromatic rings. The number of Topliss-reactive ketones (excluding diaryl/α,β-unsaturated/α-hetero) is 1. The van der Waals surface area contributed by atoms with Crippen molar-refractivity contribution in [3.63, 3.8) is 0 Å². The van der Waals surface area contributed by atoms with E-state index in [4.69, 9.17) is 4.74 Å². The molecule has 1 aromatic heterocycles. The topological polar surface area (TPSA) is 57.0 Å². The van der Waals surface area contributed by atoms with Gasteiger partial charge in [0, 0.05) is 13.7 Å². The molecule has 0 N–H and O–H groups in total. The molecule has 1 aliphatic rings. The quantitative estimate of drug-likeness (QED) is 0.673. The van der Waals surface area contributed by atoms with Crippen molar-refractivity contribution in [1.29, 1.82) is 0 Å². The molecule has 0 saturated heterocycles. The van der Waals surface area contributed by atoms with E-state index in [0.29, 0.717) is 18.2 Å². The first-order valence-corrected chi connectivity index (χ1v) is 5.24. The molecular weight excluding hydrogens is 194 g/mol. The maximum Gasteiger partial charge on any atom is 0.211 e. The summed E-state index contributed by atoms with van der Waals surface area (Å²) in [6.07, 6.45) is 3.37. The number of carbonyl (C=O) groups is 1. The molecule has 0 spiro atoms. The molecule has 0 radical (unpaired) electrons. The second kappa shape index (κ2) is 4.10. The van der Waals surface area contributed by atoms with Gasteiger partial charge in [0.25, 0.3) is 0 Å². The molecule has 0 aliphatic heterocycles. The summed E-state index contributed by atoms with van der Waals surface area (Å²) in [5.41, 5.74) is 0.528. The molecule has 0 aromatic carbocycles. The van der Waals surface area contributed by atoms with E-state index in [-0.39, 0.29) is 11.9 Å². The van der Waals surface area contributed by atoms with Crippen LogP contribution in [0.15, 0.2) is 6.20 Å². The fourth-order valence-corrected chi connectivity index (χ4v) is 1.66. The third-order valence-electron chi connectivity index (χ3n) is 2.62. The van der Waals surface area contributed by atoms with Gasteiger partial charge in [0.2, 0.25) is 5.78 Å². The van der Waals surface area contributed by atoms with E-state index >= 15 is 0 Å². The van der Waals surface area contributed by atoms with Gasteiger partial charge in [-0.15, -0.1) is 5.10 Å². The van der Waals surface area contributed by atoms with Crippen molar-refractivity contribution in [3.8, 4) is 0 Å². The van der Waals surface area contributed by atoms with E-state index in [1.807, 2.05) is 6.92 Å². The van der Waals surface area contributed by atoms with E-state index in [1.165, 1.54) is 10.9 Å². The van der Waals surface area contributed by atoms with Crippen LogP contribution in [0.5, 0.6) is 0 Å². The lowest BCUT2D eigenvalue weighted by Gasteiger charge is -2.14. The third-order valence-corrected chi connectivity index (χ3v) is 2.62. The molecule has 5 nitrogen and oxygen atoms in total. The predicted octanol–water partition coefficient (Wildman–Crippen LogP) is 0.813. The molecule has 1 fully saturated rings. The Balaban J connectivity index is 2.14. The third kappa shape index (κ3) is 2.07. The fraction of sp³-hybridized carbons (Fsp3) is 0.700. The number of aryl methyl sites for hydroxylation is 1. The van der Waals surface area contributed by atoms with Gasteiger partial charge in [-0.1, -0.05) is 5.21 Å². The van der Waals surface area contributed by atoms with Crippen LogP contribution >= 0.6 is 0 Å². The number of carbonyl (C=O) groups excluding carboxylic acids is 1. The second-order valence-corrected chi connectivity index (χ2v) is 3.82. The lowest BCUT2D eigenvalue weighted by atomic mass is 10.1. The minimum atomic E-state index is -0.299. The average Bonchev–Trinajstić information content (AvgIpc) is 2.97. The van der Waals surface area contributed by atoms with Crippen LogP contribution in [0, 0.1) is 5.92 Å². The molecule has 5 heteroatoms. The second-order valence-electron chi connectivity index (χ2n) is 3.82. The zero-order valence-corrected chi connectivity index (χ0v) is 9.01. The summed E-state index contributed by atoms with van der Waals surface area (Å²) >= 11 is 0. The van der Waals surface area contributed by atoms with Gasteiger partial charge in [0.15, 0.2) is 0 Å². The highest BCUT2D eigenvalue weighted by Gasteiger charge is 2.38. The highest BCUT2D eigenvalue weighted by atomic mass is 16.5. The largest absolute Gasteiger partial charge is 0.370 e. The van der Waals surface area contributed by atoms with E-state index in [2.05, 4.69) is 10.3 Å². The maximum atomic E-state index is 12.1. The summed E-state index contributed by atoms with van der Waals surface area (Å²) in [4.78, 5) is 12.1. The van der Waals surface area contributed by atoms with Crippen LogP contribution in [0.4, 0.5) is 0 Å². The summed E-state index contributed by atoms with van der Waals surface area (Å²) in [7, 11) is 1.72. The van der Waals surface area contributed by atoms with Crippen LogP contribution in [0.25, 0.3) is 0 Å². The molecule has 1 saturated carbocycles. The molecular formula is C10H15N3O2. The molecule has 82 valence electrons. The Morgan fingerprint density at radius 3 is 2.93 bits per heavy atom. The molecule has 0 bridgehead atoms. The first kappa shape index (κ1) is 10.3. The summed E-state index contributed by atoms with van der Waals surface area (Å²) in [6.45, 7) is 2.47. The van der Waals surface area contributed by atoms with Gasteiger partial charge in [-0.2, -0.15) is 0 Å². The van der Waals surface area contributed by atoms with Gasteiger partial charge < -0.3 is 4.74 Å². The van der Waals surface area contributed by atoms with Crippen LogP contribution < -0.4 is 0 Å². The Morgan fingerprint density at radius 1 is 1.73 bits per heavy atom. The van der Waals surface area contributed by atoms with Crippen LogP contribution in [-0.2, 0) is 11.8 Å². The van der Waals surface area contributed by atoms with Crippen molar-refractivity contribution in [3.05, 3.63) is 11.9 Å². The van der Waals surface area contributed by atoms with Crippen LogP contribution in [0.1, 0.15) is 30.3 Å². The van der Waals surface area contributed by atoms with Crippen molar-refractivity contribution in [2.45, 2.75) is 25.9 Å². The first-order chi connectivity index (χ1) is 7.24. The van der Waals surface area contributed by atoms with Gasteiger partial charge in [-0.3, -0.25) is 4.79 Å². The van der Waals surface area contributed by atoms with E-state index < -0.39 is 0 Å². The van der Waals surface area contributed by atoms with E-state index in [0.717, 1.165) is 12.8 Å². The fourth-order valence-electron chi connectivity index (χ4n) is 1.66. The Morgan fingerprint density at radius 2 is 2.47 bits per heavy atom. The van der Waals surface area contributed by atoms with Crippen molar-refractivity contribution >= 4 is 5.78 Å². The van der Waals surface area contributed by atoms with Gasteiger partial charge in [0.05, 0.1) is 6.20 Å². The zero-order valence-electron chi connectivity index (χ0n) is 9.01. The first-order valence-electron chi connectivity index (χ1n) is 5.24. The van der Waals surface area contributed by atoms with Gasteiger partial charge in [-0.05, 0) is 25.7 Å². The normalized spacial score (nSPS) is 17.7. The van der Waals surface area contributed by atoms with Crippen molar-refractivity contribution < 1.29 is 9.53 Å². The van der Waals surface area contributed by atoms with Crippen molar-refractivity contribution in [1.82, 2.24) is 15.0 Å². The summed E-state index contributed by atoms with van der Waals surface area (Å²) in [5, 5.41) is 7.45. The minimum absolute atomic E-state index is 0.00634. The average molecular weight is 209 g/mol. The van der Waals surface area contributed by atoms with Crippen molar-refractivity contribution in [2.75, 3.05) is 6.61 Å². The standard InChI is InChI=1S/C10H15N3O2/c1-3-15-10(7-4-5-7)9(14)8-6-11-12-13(8)2/h6-7,10H,3-5H2,1-2H3. The van der Waals surface area contributed by atoms with Crippen molar-refractivity contribution in [2.24, 2.45) is 13.0 Å². The Hall–Kier alpha value is -1.23. The smallest absolute Gasteiger partial charge is 0.211 e. The Kier molecular flexibility index (Phi) is 2.81. The van der Waals surface area contributed by atoms with Crippen LogP contribution in [0.3, 0.4) is 0 Å². The minimum Gasteiger partial charge on any atom is -0.370 e. The number of hydrogen-bond donors (Lipinski definition) is 0. The number of nitrogens with zero attached hydrogens (tertiary/aromatic N) is 3. The van der Waals surface area contributed by atoms with Crippen LogP contribution in [0.2, 0.25) is 0 Å². The number of aromatic nitrogens is 3. The Labute approximate surface area is 88.4 Å². The maximum absolute atomic E-state index is 12.1. The zero-order chi connectivity index (χ0) is 10.8. The van der Waals surface area contributed by atoms with Crippen LogP contribution in [-0.4, -0.2) is 33.5 Å².